The number of aromatic nitrogens is 2. The molecule has 0 aliphatic heterocycles. The standard InChI is InChI=1S/C10H17N3O3/c1-3-15-9(16-4-2)7-13-6-8(5-12-13)10(11)14/h5-6,9H,3-4,7H2,1-2H3,(H2,11,14). The van der Waals surface area contributed by atoms with Crippen LogP contribution >= 0.6 is 0 Å². The van der Waals surface area contributed by atoms with Gasteiger partial charge in [0, 0.05) is 19.4 Å². The maximum absolute atomic E-state index is 10.9. The maximum atomic E-state index is 10.9. The summed E-state index contributed by atoms with van der Waals surface area (Å²) in [6, 6.07) is 0. The highest BCUT2D eigenvalue weighted by atomic mass is 16.7. The molecule has 0 saturated carbocycles. The number of nitrogens with zero attached hydrogens (tertiary/aromatic N) is 2. The van der Waals surface area contributed by atoms with Gasteiger partial charge in [-0.3, -0.25) is 9.48 Å². The van der Waals surface area contributed by atoms with Gasteiger partial charge in [-0.25, -0.2) is 0 Å². The van der Waals surface area contributed by atoms with Crippen molar-refractivity contribution in [3.05, 3.63) is 18.0 Å². The molecule has 0 aliphatic rings. The van der Waals surface area contributed by atoms with Crippen molar-refractivity contribution in [2.24, 2.45) is 5.73 Å². The first-order valence-electron chi connectivity index (χ1n) is 5.22. The van der Waals surface area contributed by atoms with Crippen molar-refractivity contribution in [1.82, 2.24) is 9.78 Å². The van der Waals surface area contributed by atoms with Gasteiger partial charge in [0.25, 0.3) is 5.91 Å². The second-order valence-corrected chi connectivity index (χ2v) is 3.16. The van der Waals surface area contributed by atoms with Gasteiger partial charge in [-0.05, 0) is 13.8 Å². The molecule has 1 aromatic heterocycles. The molecule has 0 bridgehead atoms. The Bertz CT molecular complexity index is 332. The zero-order chi connectivity index (χ0) is 12.0. The summed E-state index contributed by atoms with van der Waals surface area (Å²) >= 11 is 0. The molecule has 0 atom stereocenters. The van der Waals surface area contributed by atoms with Gasteiger partial charge in [-0.2, -0.15) is 5.10 Å². The van der Waals surface area contributed by atoms with Crippen LogP contribution in [0.3, 0.4) is 0 Å². The zero-order valence-electron chi connectivity index (χ0n) is 9.55. The van der Waals surface area contributed by atoms with Crippen molar-refractivity contribution in [1.29, 1.82) is 0 Å². The van der Waals surface area contributed by atoms with E-state index < -0.39 is 5.91 Å². The molecule has 0 fully saturated rings. The van der Waals surface area contributed by atoms with Gasteiger partial charge in [0.1, 0.15) is 0 Å². The molecule has 2 N–H and O–H groups in total. The Hall–Kier alpha value is -1.40. The minimum atomic E-state index is -0.490. The van der Waals surface area contributed by atoms with E-state index in [1.54, 1.807) is 10.9 Å². The molecule has 0 aromatic carbocycles. The lowest BCUT2D eigenvalue weighted by atomic mass is 10.3. The van der Waals surface area contributed by atoms with Gasteiger partial charge in [0.15, 0.2) is 6.29 Å². The van der Waals surface area contributed by atoms with Gasteiger partial charge < -0.3 is 15.2 Å². The number of hydrogen-bond acceptors (Lipinski definition) is 4. The summed E-state index contributed by atoms with van der Waals surface area (Å²) in [5.74, 6) is -0.490. The van der Waals surface area contributed by atoms with Crippen LogP contribution in [0.25, 0.3) is 0 Å². The largest absolute Gasteiger partial charge is 0.366 e. The normalized spacial score (nSPS) is 10.9. The summed E-state index contributed by atoms with van der Waals surface area (Å²) < 4.78 is 12.3. The molecular weight excluding hydrogens is 210 g/mol. The molecule has 1 heterocycles. The summed E-state index contributed by atoms with van der Waals surface area (Å²) in [5, 5.41) is 4.00. The van der Waals surface area contributed by atoms with E-state index in [9.17, 15) is 4.79 Å². The predicted molar refractivity (Wildman–Crippen MR) is 57.8 cm³/mol. The molecular formula is C10H17N3O3. The van der Waals surface area contributed by atoms with Crippen molar-refractivity contribution in [3.63, 3.8) is 0 Å². The molecule has 0 spiro atoms. The topological polar surface area (TPSA) is 79.4 Å². The van der Waals surface area contributed by atoms with E-state index in [0.717, 1.165) is 0 Å². The Morgan fingerprint density at radius 2 is 2.12 bits per heavy atom. The number of hydrogen-bond donors (Lipinski definition) is 1. The fraction of sp³-hybridized carbons (Fsp3) is 0.600. The van der Waals surface area contributed by atoms with Crippen LogP contribution in [-0.2, 0) is 16.0 Å². The van der Waals surface area contributed by atoms with Crippen molar-refractivity contribution in [3.8, 4) is 0 Å². The first kappa shape index (κ1) is 12.7. The summed E-state index contributed by atoms with van der Waals surface area (Å²) in [6.07, 6.45) is 2.65. The first-order valence-corrected chi connectivity index (χ1v) is 5.22. The molecule has 6 nitrogen and oxygen atoms in total. The monoisotopic (exact) mass is 227 g/mol. The van der Waals surface area contributed by atoms with Gasteiger partial charge >= 0.3 is 0 Å². The highest BCUT2D eigenvalue weighted by Gasteiger charge is 2.11. The molecule has 0 aliphatic carbocycles. The van der Waals surface area contributed by atoms with Crippen LogP contribution in [-0.4, -0.2) is 35.2 Å². The third-order valence-electron chi connectivity index (χ3n) is 1.96. The lowest BCUT2D eigenvalue weighted by Gasteiger charge is -2.16. The van der Waals surface area contributed by atoms with Gasteiger partial charge in [0.05, 0.1) is 18.3 Å². The molecule has 16 heavy (non-hydrogen) atoms. The number of carbonyl (C=O) groups excluding carboxylic acids is 1. The number of amides is 1. The summed E-state index contributed by atoms with van der Waals surface area (Å²) in [5.41, 5.74) is 5.50. The molecule has 1 rings (SSSR count). The van der Waals surface area contributed by atoms with Crippen molar-refractivity contribution >= 4 is 5.91 Å². The summed E-state index contributed by atoms with van der Waals surface area (Å²) in [4.78, 5) is 10.9. The van der Waals surface area contributed by atoms with E-state index >= 15 is 0 Å². The quantitative estimate of drug-likeness (QED) is 0.683. The third kappa shape index (κ3) is 3.63. The summed E-state index contributed by atoms with van der Waals surface area (Å²) in [7, 11) is 0. The highest BCUT2D eigenvalue weighted by molar-refractivity contribution is 5.92. The average Bonchev–Trinajstić information content (AvgIpc) is 2.67. The number of primary amides is 1. The molecule has 6 heteroatoms. The lowest BCUT2D eigenvalue weighted by Crippen LogP contribution is -2.24. The van der Waals surface area contributed by atoms with Gasteiger partial charge in [0.2, 0.25) is 0 Å². The van der Waals surface area contributed by atoms with Crippen LogP contribution < -0.4 is 5.73 Å². The van der Waals surface area contributed by atoms with E-state index in [2.05, 4.69) is 5.10 Å². The van der Waals surface area contributed by atoms with E-state index in [1.807, 2.05) is 13.8 Å². The van der Waals surface area contributed by atoms with E-state index in [4.69, 9.17) is 15.2 Å². The van der Waals surface area contributed by atoms with E-state index in [1.165, 1.54) is 6.20 Å². The predicted octanol–water partition coefficient (Wildman–Crippen LogP) is 0.381. The second kappa shape index (κ2) is 6.24. The Morgan fingerprint density at radius 3 is 2.56 bits per heavy atom. The number of nitrogens with two attached hydrogens (primary N) is 1. The molecule has 90 valence electrons. The second-order valence-electron chi connectivity index (χ2n) is 3.16. The molecule has 1 amide bonds. The number of ether oxygens (including phenoxy) is 2. The minimum Gasteiger partial charge on any atom is -0.366 e. The SMILES string of the molecule is CCOC(Cn1cc(C(N)=O)cn1)OCC. The van der Waals surface area contributed by atoms with Crippen molar-refractivity contribution in [2.45, 2.75) is 26.7 Å². The fourth-order valence-corrected chi connectivity index (χ4v) is 1.27. The van der Waals surface area contributed by atoms with E-state index in [0.29, 0.717) is 25.3 Å². The molecule has 0 unspecified atom stereocenters. The van der Waals surface area contributed by atoms with Crippen LogP contribution in [0.1, 0.15) is 24.2 Å². The van der Waals surface area contributed by atoms with Crippen LogP contribution in [0.4, 0.5) is 0 Å². The lowest BCUT2D eigenvalue weighted by molar-refractivity contribution is -0.144. The Kier molecular flexibility index (Phi) is 4.94. The maximum Gasteiger partial charge on any atom is 0.251 e. The van der Waals surface area contributed by atoms with Crippen molar-refractivity contribution in [2.75, 3.05) is 13.2 Å². The number of rotatable bonds is 7. The van der Waals surface area contributed by atoms with Crippen LogP contribution in [0, 0.1) is 0 Å². The first-order chi connectivity index (χ1) is 7.67. The Morgan fingerprint density at radius 1 is 1.50 bits per heavy atom. The Labute approximate surface area is 94.3 Å². The summed E-state index contributed by atoms with van der Waals surface area (Å²) in [6.45, 7) is 5.35. The third-order valence-corrected chi connectivity index (χ3v) is 1.96. The van der Waals surface area contributed by atoms with Crippen LogP contribution in [0.15, 0.2) is 12.4 Å². The van der Waals surface area contributed by atoms with Crippen LogP contribution in [0.5, 0.6) is 0 Å². The molecule has 1 aromatic rings. The molecule has 0 saturated heterocycles. The fourth-order valence-electron chi connectivity index (χ4n) is 1.27. The van der Waals surface area contributed by atoms with Crippen LogP contribution in [0.2, 0.25) is 0 Å². The average molecular weight is 227 g/mol. The molecule has 0 radical (unpaired) electrons. The van der Waals surface area contributed by atoms with Gasteiger partial charge in [-0.15, -0.1) is 0 Å². The zero-order valence-corrected chi connectivity index (χ0v) is 9.55. The van der Waals surface area contributed by atoms with E-state index in [-0.39, 0.29) is 6.29 Å². The van der Waals surface area contributed by atoms with Gasteiger partial charge in [-0.1, -0.05) is 0 Å². The Balaban J connectivity index is 2.58. The number of carbonyl (C=O) groups is 1. The minimum absolute atomic E-state index is 0.351. The van der Waals surface area contributed by atoms with Crippen molar-refractivity contribution < 1.29 is 14.3 Å². The highest BCUT2D eigenvalue weighted by Crippen LogP contribution is 2.02. The smallest absolute Gasteiger partial charge is 0.251 e.